The van der Waals surface area contributed by atoms with Crippen molar-refractivity contribution in [2.45, 2.75) is 39.3 Å². The van der Waals surface area contributed by atoms with Crippen LogP contribution >= 0.6 is 11.6 Å². The third kappa shape index (κ3) is 4.90. The number of amides is 2. The molecule has 10 nitrogen and oxygen atoms in total. The van der Waals surface area contributed by atoms with E-state index < -0.39 is 23.6 Å². The van der Waals surface area contributed by atoms with Gasteiger partial charge in [0.05, 0.1) is 22.8 Å². The van der Waals surface area contributed by atoms with Crippen molar-refractivity contribution in [3.05, 3.63) is 77.2 Å². The van der Waals surface area contributed by atoms with Gasteiger partial charge in [-0.25, -0.2) is 14.3 Å². The normalized spacial score (nSPS) is 12.4. The van der Waals surface area contributed by atoms with E-state index in [2.05, 4.69) is 30.9 Å². The zero-order valence-corrected chi connectivity index (χ0v) is 22.0. The summed E-state index contributed by atoms with van der Waals surface area (Å²) in [6.07, 6.45) is 4.14. The van der Waals surface area contributed by atoms with Crippen molar-refractivity contribution in [2.24, 2.45) is 0 Å². The van der Waals surface area contributed by atoms with E-state index in [1.54, 1.807) is 45.4 Å². The summed E-state index contributed by atoms with van der Waals surface area (Å²) in [5.74, 6) is -0.440. The molecule has 38 heavy (non-hydrogen) atoms. The van der Waals surface area contributed by atoms with Crippen LogP contribution in [0.4, 0.5) is 10.6 Å². The number of rotatable bonds is 5. The standard InChI is InChI=1S/C27H26ClN7O3/c1-15(17-13-19(28)18-14-30-33-22(18)20(17)16-9-6-5-7-10-16)31-25(36)21-23(32-26(37)38-27(2,3)4)34-35-12-8-11-29-24(21)35/h5-15H,1-4H3,(H,30,33)(H,31,36)(H,32,34,37). The predicted octanol–water partition coefficient (Wildman–Crippen LogP) is 5.76. The van der Waals surface area contributed by atoms with Gasteiger partial charge in [0.25, 0.3) is 5.91 Å². The van der Waals surface area contributed by atoms with Gasteiger partial charge in [-0.15, -0.1) is 5.10 Å². The first kappa shape index (κ1) is 25.2. The van der Waals surface area contributed by atoms with Crippen molar-refractivity contribution in [3.63, 3.8) is 0 Å². The van der Waals surface area contributed by atoms with Crippen molar-refractivity contribution in [3.8, 4) is 11.1 Å². The summed E-state index contributed by atoms with van der Waals surface area (Å²) in [4.78, 5) is 30.5. The van der Waals surface area contributed by atoms with Gasteiger partial charge in [-0.3, -0.25) is 15.2 Å². The number of aromatic amines is 1. The molecule has 1 unspecified atom stereocenters. The van der Waals surface area contributed by atoms with E-state index >= 15 is 0 Å². The van der Waals surface area contributed by atoms with E-state index in [9.17, 15) is 9.59 Å². The van der Waals surface area contributed by atoms with Gasteiger partial charge in [-0.2, -0.15) is 5.10 Å². The smallest absolute Gasteiger partial charge is 0.413 e. The number of carbonyl (C=O) groups excluding carboxylic acids is 2. The van der Waals surface area contributed by atoms with Crippen LogP contribution in [0, 0.1) is 0 Å². The monoisotopic (exact) mass is 531 g/mol. The lowest BCUT2D eigenvalue weighted by molar-refractivity contribution is 0.0635. The molecule has 0 radical (unpaired) electrons. The third-order valence-electron chi connectivity index (χ3n) is 5.84. The topological polar surface area (TPSA) is 126 Å². The SMILES string of the molecule is CC(NC(=O)c1c(NC(=O)OC(C)(C)C)nn2cccnc12)c1cc(Cl)c2cn[nH]c2c1-c1ccccc1. The molecule has 2 amide bonds. The van der Waals surface area contributed by atoms with Gasteiger partial charge in [-0.05, 0) is 51.0 Å². The van der Waals surface area contributed by atoms with E-state index in [0.29, 0.717) is 5.02 Å². The average molecular weight is 532 g/mol. The van der Waals surface area contributed by atoms with E-state index in [0.717, 1.165) is 27.6 Å². The highest BCUT2D eigenvalue weighted by molar-refractivity contribution is 6.36. The number of H-pyrrole nitrogens is 1. The number of nitrogens with zero attached hydrogens (tertiary/aromatic N) is 4. The second-order valence-electron chi connectivity index (χ2n) is 9.78. The minimum absolute atomic E-state index is 0.0352. The Morgan fingerprint density at radius 1 is 1.16 bits per heavy atom. The molecule has 0 bridgehead atoms. The molecule has 3 aromatic heterocycles. The van der Waals surface area contributed by atoms with Crippen molar-refractivity contribution in [2.75, 3.05) is 5.32 Å². The Hall–Kier alpha value is -4.44. The fraction of sp³-hybridized carbons (Fsp3) is 0.222. The van der Waals surface area contributed by atoms with Crippen molar-refractivity contribution in [1.29, 1.82) is 0 Å². The van der Waals surface area contributed by atoms with E-state index in [4.69, 9.17) is 16.3 Å². The first-order valence-corrected chi connectivity index (χ1v) is 12.4. The van der Waals surface area contributed by atoms with Gasteiger partial charge in [0, 0.05) is 23.3 Å². The molecule has 0 saturated carbocycles. The molecule has 194 valence electrons. The molecule has 0 aliphatic heterocycles. The molecule has 0 aliphatic carbocycles. The lowest BCUT2D eigenvalue weighted by Gasteiger charge is -2.20. The molecule has 1 atom stereocenters. The fourth-order valence-electron chi connectivity index (χ4n) is 4.28. The number of halogens is 1. The Bertz CT molecular complexity index is 1650. The molecule has 3 heterocycles. The molecule has 2 aromatic carbocycles. The van der Waals surface area contributed by atoms with Crippen LogP contribution in [0.5, 0.6) is 0 Å². The lowest BCUT2D eigenvalue weighted by atomic mass is 9.93. The molecule has 0 fully saturated rings. The predicted molar refractivity (Wildman–Crippen MR) is 145 cm³/mol. The number of nitrogens with one attached hydrogen (secondary N) is 3. The van der Waals surface area contributed by atoms with Crippen molar-refractivity contribution in [1.82, 2.24) is 30.1 Å². The quantitative estimate of drug-likeness (QED) is 0.264. The van der Waals surface area contributed by atoms with Crippen LogP contribution in [-0.4, -0.2) is 42.4 Å². The summed E-state index contributed by atoms with van der Waals surface area (Å²) >= 11 is 6.60. The molecule has 0 saturated heterocycles. The maximum absolute atomic E-state index is 13.7. The summed E-state index contributed by atoms with van der Waals surface area (Å²) < 4.78 is 6.78. The number of hydrogen-bond donors (Lipinski definition) is 3. The number of aromatic nitrogens is 5. The van der Waals surface area contributed by atoms with Gasteiger partial charge in [0.15, 0.2) is 11.5 Å². The molecule has 11 heteroatoms. The summed E-state index contributed by atoms with van der Waals surface area (Å²) in [5, 5.41) is 18.5. The first-order chi connectivity index (χ1) is 18.1. The van der Waals surface area contributed by atoms with Gasteiger partial charge >= 0.3 is 6.09 Å². The highest BCUT2D eigenvalue weighted by Crippen LogP contribution is 2.38. The molecule has 5 aromatic rings. The van der Waals surface area contributed by atoms with E-state index in [1.807, 2.05) is 43.3 Å². The van der Waals surface area contributed by atoms with Gasteiger partial charge in [-0.1, -0.05) is 41.9 Å². The fourth-order valence-corrected chi connectivity index (χ4v) is 4.54. The van der Waals surface area contributed by atoms with Crippen LogP contribution in [0.1, 0.15) is 49.7 Å². The average Bonchev–Trinajstić information content (AvgIpc) is 3.48. The Morgan fingerprint density at radius 3 is 2.66 bits per heavy atom. The zero-order chi connectivity index (χ0) is 27.0. The second-order valence-corrected chi connectivity index (χ2v) is 10.2. The Balaban J connectivity index is 1.53. The number of benzene rings is 2. The molecule has 0 aliphatic rings. The van der Waals surface area contributed by atoms with Crippen LogP contribution < -0.4 is 10.6 Å². The van der Waals surface area contributed by atoms with Crippen LogP contribution in [0.15, 0.2) is 61.1 Å². The minimum Gasteiger partial charge on any atom is -0.444 e. The Morgan fingerprint density at radius 2 is 1.92 bits per heavy atom. The number of ether oxygens (including phenoxy) is 1. The summed E-state index contributed by atoms with van der Waals surface area (Å²) in [7, 11) is 0. The van der Waals surface area contributed by atoms with Crippen molar-refractivity contribution < 1.29 is 14.3 Å². The third-order valence-corrected chi connectivity index (χ3v) is 6.15. The maximum Gasteiger partial charge on any atom is 0.413 e. The van der Waals surface area contributed by atoms with E-state index in [1.165, 1.54) is 4.52 Å². The molecular weight excluding hydrogens is 506 g/mol. The minimum atomic E-state index is -0.731. The van der Waals surface area contributed by atoms with Crippen LogP contribution in [0.2, 0.25) is 5.02 Å². The highest BCUT2D eigenvalue weighted by atomic mass is 35.5. The zero-order valence-electron chi connectivity index (χ0n) is 21.2. The summed E-state index contributed by atoms with van der Waals surface area (Å²) in [6, 6.07) is 12.8. The first-order valence-electron chi connectivity index (χ1n) is 12.0. The summed E-state index contributed by atoms with van der Waals surface area (Å²) in [6.45, 7) is 7.11. The Labute approximate surface area is 223 Å². The highest BCUT2D eigenvalue weighted by Gasteiger charge is 2.27. The van der Waals surface area contributed by atoms with E-state index in [-0.39, 0.29) is 17.0 Å². The largest absolute Gasteiger partial charge is 0.444 e. The number of fused-ring (bicyclic) bond motifs is 2. The van der Waals surface area contributed by atoms with Gasteiger partial charge < -0.3 is 10.1 Å². The maximum atomic E-state index is 13.7. The molecule has 0 spiro atoms. The molecule has 3 N–H and O–H groups in total. The second kappa shape index (κ2) is 9.79. The van der Waals surface area contributed by atoms with Gasteiger partial charge in [0.2, 0.25) is 0 Å². The van der Waals surface area contributed by atoms with Gasteiger partial charge in [0.1, 0.15) is 11.2 Å². The number of anilines is 1. The summed E-state index contributed by atoms with van der Waals surface area (Å²) in [5.41, 5.74) is 3.05. The van der Waals surface area contributed by atoms with Crippen LogP contribution in [0.25, 0.3) is 27.7 Å². The molecule has 5 rings (SSSR count). The number of hydrogen-bond acceptors (Lipinski definition) is 6. The molecular formula is C27H26ClN7O3. The van der Waals surface area contributed by atoms with Crippen LogP contribution in [0.3, 0.4) is 0 Å². The lowest BCUT2D eigenvalue weighted by Crippen LogP contribution is -2.30. The Kier molecular flexibility index (Phi) is 6.50. The van der Waals surface area contributed by atoms with Crippen molar-refractivity contribution >= 4 is 46.0 Å². The number of carbonyl (C=O) groups is 2. The van der Waals surface area contributed by atoms with Crippen LogP contribution in [-0.2, 0) is 4.74 Å².